The zero-order chi connectivity index (χ0) is 26.9. The summed E-state index contributed by atoms with van der Waals surface area (Å²) in [6.45, 7) is 0.475. The maximum Gasteiger partial charge on any atom is 0.277 e. The van der Waals surface area contributed by atoms with Crippen molar-refractivity contribution in [2.75, 3.05) is 55.2 Å². The number of hydrogen-bond acceptors (Lipinski definition) is 9. The number of ether oxygens (including phenoxy) is 5. The maximum atomic E-state index is 13.1. The van der Waals surface area contributed by atoms with E-state index in [-0.39, 0.29) is 30.3 Å². The second-order valence-corrected chi connectivity index (χ2v) is 8.02. The molecular formula is C25H32N4O8. The number of rotatable bonds is 11. The lowest BCUT2D eigenvalue weighted by Gasteiger charge is -2.28. The Bertz CT molecular complexity index is 1110. The highest BCUT2D eigenvalue weighted by Gasteiger charge is 2.33. The van der Waals surface area contributed by atoms with Gasteiger partial charge >= 0.3 is 0 Å². The molecule has 3 amide bonds. The first-order valence-corrected chi connectivity index (χ1v) is 11.6. The summed E-state index contributed by atoms with van der Waals surface area (Å²) in [6, 6.07) is 6.64. The van der Waals surface area contributed by atoms with Crippen LogP contribution in [0, 0.1) is 0 Å². The van der Waals surface area contributed by atoms with E-state index in [0.717, 1.165) is 5.56 Å². The average molecular weight is 517 g/mol. The van der Waals surface area contributed by atoms with Crippen LogP contribution in [0.5, 0.6) is 29.0 Å². The van der Waals surface area contributed by atoms with Crippen LogP contribution in [0.15, 0.2) is 24.3 Å². The summed E-state index contributed by atoms with van der Waals surface area (Å²) in [5, 5.41) is 5.32. The van der Waals surface area contributed by atoms with Gasteiger partial charge in [-0.1, -0.05) is 0 Å². The maximum absolute atomic E-state index is 13.1. The van der Waals surface area contributed by atoms with Crippen molar-refractivity contribution in [2.24, 2.45) is 0 Å². The average Bonchev–Trinajstić information content (AvgIpc) is 3.43. The number of methoxy groups -OCH3 is 5. The van der Waals surface area contributed by atoms with Crippen LogP contribution in [0.4, 0.5) is 0 Å². The lowest BCUT2D eigenvalue weighted by molar-refractivity contribution is -0.141. The molecule has 2 aromatic rings. The Morgan fingerprint density at radius 1 is 0.892 bits per heavy atom. The van der Waals surface area contributed by atoms with Crippen LogP contribution in [0.3, 0.4) is 0 Å². The van der Waals surface area contributed by atoms with Crippen LogP contribution in [0.2, 0.25) is 0 Å². The molecule has 12 nitrogen and oxygen atoms in total. The molecule has 0 atom stereocenters. The van der Waals surface area contributed by atoms with Crippen molar-refractivity contribution in [2.45, 2.75) is 19.3 Å². The summed E-state index contributed by atoms with van der Waals surface area (Å²) in [5.41, 5.74) is 1.02. The Balaban J connectivity index is 1.58. The minimum absolute atomic E-state index is 0.101. The molecule has 0 radical (unpaired) electrons. The summed E-state index contributed by atoms with van der Waals surface area (Å²) in [5.74, 6) is 0.737. The predicted octanol–water partition coefficient (Wildman–Crippen LogP) is 1.46. The second-order valence-electron chi connectivity index (χ2n) is 8.02. The third-order valence-corrected chi connectivity index (χ3v) is 5.82. The molecule has 2 heterocycles. The van der Waals surface area contributed by atoms with Gasteiger partial charge in [-0.25, -0.2) is 10.0 Å². The van der Waals surface area contributed by atoms with Crippen LogP contribution >= 0.6 is 0 Å². The van der Waals surface area contributed by atoms with E-state index in [2.05, 4.69) is 10.3 Å². The predicted molar refractivity (Wildman–Crippen MR) is 132 cm³/mol. The zero-order valence-electron chi connectivity index (χ0n) is 21.7. The minimum Gasteiger partial charge on any atom is -0.493 e. The third-order valence-electron chi connectivity index (χ3n) is 5.82. The Morgan fingerprint density at radius 2 is 1.57 bits per heavy atom. The van der Waals surface area contributed by atoms with Crippen molar-refractivity contribution in [1.82, 2.24) is 20.3 Å². The van der Waals surface area contributed by atoms with Gasteiger partial charge in [-0.3, -0.25) is 14.4 Å². The first kappa shape index (κ1) is 27.4. The molecule has 1 aliphatic heterocycles. The number of nitrogens with zero attached hydrogens (tertiary/aromatic N) is 3. The highest BCUT2D eigenvalue weighted by molar-refractivity contribution is 5.98. The SMILES string of the molecule is COc1ccc(C(=O)N2CCCN2C(=O)CNC(=O)CCc2cc(OC)c(OC)c(OC)c2)c(OC)n1. The summed E-state index contributed by atoms with van der Waals surface area (Å²) in [6.07, 6.45) is 1.15. The van der Waals surface area contributed by atoms with Crippen molar-refractivity contribution >= 4 is 17.7 Å². The Kier molecular flexibility index (Phi) is 9.36. The molecule has 1 saturated heterocycles. The lowest BCUT2D eigenvalue weighted by Crippen LogP contribution is -2.48. The van der Waals surface area contributed by atoms with Gasteiger partial charge in [0.2, 0.25) is 23.4 Å². The number of amides is 3. The van der Waals surface area contributed by atoms with E-state index in [4.69, 9.17) is 23.7 Å². The normalized spacial score (nSPS) is 12.7. The molecule has 0 spiro atoms. The number of aromatic nitrogens is 1. The highest BCUT2D eigenvalue weighted by Crippen LogP contribution is 2.38. The molecular weight excluding hydrogens is 484 g/mol. The van der Waals surface area contributed by atoms with Crippen LogP contribution in [0.25, 0.3) is 0 Å². The quantitative estimate of drug-likeness (QED) is 0.472. The third kappa shape index (κ3) is 6.32. The summed E-state index contributed by atoms with van der Waals surface area (Å²) in [4.78, 5) is 42.6. The van der Waals surface area contributed by atoms with Gasteiger partial charge in [0.15, 0.2) is 11.5 Å². The molecule has 0 unspecified atom stereocenters. The first-order chi connectivity index (χ1) is 17.9. The minimum atomic E-state index is -0.424. The van der Waals surface area contributed by atoms with Gasteiger partial charge in [-0.05, 0) is 36.6 Å². The molecule has 1 N–H and O–H groups in total. The number of aryl methyl sites for hydroxylation is 1. The van der Waals surface area contributed by atoms with E-state index in [1.165, 1.54) is 45.6 Å². The van der Waals surface area contributed by atoms with Crippen molar-refractivity contribution < 1.29 is 38.1 Å². The molecule has 1 aromatic carbocycles. The smallest absolute Gasteiger partial charge is 0.277 e. The number of nitrogens with one attached hydrogen (secondary N) is 1. The van der Waals surface area contributed by atoms with E-state index >= 15 is 0 Å². The van der Waals surface area contributed by atoms with Crippen LogP contribution < -0.4 is 29.0 Å². The lowest BCUT2D eigenvalue weighted by atomic mass is 10.1. The van der Waals surface area contributed by atoms with Gasteiger partial charge in [0.1, 0.15) is 5.56 Å². The molecule has 3 rings (SSSR count). The fraction of sp³-hybridized carbons (Fsp3) is 0.440. The van der Waals surface area contributed by atoms with Crippen molar-refractivity contribution in [3.05, 3.63) is 35.4 Å². The van der Waals surface area contributed by atoms with E-state index < -0.39 is 11.8 Å². The molecule has 0 aliphatic carbocycles. The molecule has 0 saturated carbocycles. The van der Waals surface area contributed by atoms with E-state index in [1.54, 1.807) is 24.3 Å². The van der Waals surface area contributed by atoms with Gasteiger partial charge in [0, 0.05) is 25.6 Å². The first-order valence-electron chi connectivity index (χ1n) is 11.6. The molecule has 37 heavy (non-hydrogen) atoms. The topological polar surface area (TPSA) is 129 Å². The van der Waals surface area contributed by atoms with Crippen LogP contribution in [-0.4, -0.2) is 87.9 Å². The van der Waals surface area contributed by atoms with Gasteiger partial charge < -0.3 is 29.0 Å². The van der Waals surface area contributed by atoms with E-state index in [0.29, 0.717) is 49.1 Å². The Labute approximate surface area is 215 Å². The molecule has 1 fully saturated rings. The van der Waals surface area contributed by atoms with Crippen molar-refractivity contribution in [3.8, 4) is 29.0 Å². The number of benzene rings is 1. The number of hydrazine groups is 1. The van der Waals surface area contributed by atoms with Gasteiger partial charge in [0.25, 0.3) is 11.8 Å². The molecule has 200 valence electrons. The van der Waals surface area contributed by atoms with Gasteiger partial charge in [-0.15, -0.1) is 0 Å². The molecule has 12 heteroatoms. The van der Waals surface area contributed by atoms with E-state index in [9.17, 15) is 14.4 Å². The van der Waals surface area contributed by atoms with Gasteiger partial charge in [0.05, 0.1) is 42.1 Å². The van der Waals surface area contributed by atoms with Crippen LogP contribution in [0.1, 0.15) is 28.8 Å². The number of hydrogen-bond donors (Lipinski definition) is 1. The zero-order valence-corrected chi connectivity index (χ0v) is 21.7. The largest absolute Gasteiger partial charge is 0.493 e. The summed E-state index contributed by atoms with van der Waals surface area (Å²) >= 11 is 0. The van der Waals surface area contributed by atoms with E-state index in [1.807, 2.05) is 0 Å². The van der Waals surface area contributed by atoms with Gasteiger partial charge in [-0.2, -0.15) is 4.98 Å². The Hall–Kier alpha value is -4.22. The second kappa shape index (κ2) is 12.7. The Morgan fingerprint density at radius 3 is 2.16 bits per heavy atom. The van der Waals surface area contributed by atoms with Crippen molar-refractivity contribution in [3.63, 3.8) is 0 Å². The fourth-order valence-electron chi connectivity index (χ4n) is 3.97. The highest BCUT2D eigenvalue weighted by atomic mass is 16.5. The standard InChI is InChI=1S/C25H32N4O8/c1-33-18-13-16(14-19(34-2)23(18)36-4)7-9-20(30)26-15-22(31)28-11-6-12-29(28)25(32)17-8-10-21(35-3)27-24(17)37-5/h8,10,13-14H,6-7,9,11-12,15H2,1-5H3,(H,26,30). The number of pyridine rings is 1. The monoisotopic (exact) mass is 516 g/mol. The molecule has 1 aliphatic rings. The fourth-order valence-corrected chi connectivity index (χ4v) is 3.97. The van der Waals surface area contributed by atoms with Crippen molar-refractivity contribution in [1.29, 1.82) is 0 Å². The molecule has 0 bridgehead atoms. The number of carbonyl (C=O) groups excluding carboxylic acids is 3. The summed E-state index contributed by atoms with van der Waals surface area (Å²) in [7, 11) is 7.42. The number of carbonyl (C=O) groups is 3. The molecule has 1 aromatic heterocycles. The summed E-state index contributed by atoms with van der Waals surface area (Å²) < 4.78 is 26.3. The van der Waals surface area contributed by atoms with Crippen LogP contribution in [-0.2, 0) is 16.0 Å².